The molecule has 1 aliphatic heterocycles. The number of urea groups is 1. The summed E-state index contributed by atoms with van der Waals surface area (Å²) >= 11 is 0. The van der Waals surface area contributed by atoms with Gasteiger partial charge < -0.3 is 0 Å². The molecular formula is C10H6N2O3. The second-order valence-electron chi connectivity index (χ2n) is 2.92. The Balaban J connectivity index is 2.32. The van der Waals surface area contributed by atoms with Crippen molar-refractivity contribution in [2.75, 3.05) is 0 Å². The van der Waals surface area contributed by atoms with E-state index in [4.69, 9.17) is 0 Å². The Morgan fingerprint density at radius 2 is 1.80 bits per heavy atom. The molecule has 4 amide bonds. The van der Waals surface area contributed by atoms with Gasteiger partial charge in [-0.1, -0.05) is 6.08 Å². The van der Waals surface area contributed by atoms with Gasteiger partial charge in [0.25, 0.3) is 11.8 Å². The van der Waals surface area contributed by atoms with E-state index in [-0.39, 0.29) is 5.57 Å². The molecule has 0 aromatic heterocycles. The molecule has 0 unspecified atom stereocenters. The quantitative estimate of drug-likeness (QED) is 0.355. The van der Waals surface area contributed by atoms with E-state index in [1.807, 2.05) is 10.6 Å². The van der Waals surface area contributed by atoms with Crippen LogP contribution in [0.5, 0.6) is 0 Å². The largest absolute Gasteiger partial charge is 0.328 e. The van der Waals surface area contributed by atoms with Gasteiger partial charge in [0, 0.05) is 5.57 Å². The van der Waals surface area contributed by atoms with E-state index < -0.39 is 17.8 Å². The normalized spacial score (nSPS) is 18.8. The summed E-state index contributed by atoms with van der Waals surface area (Å²) in [5.41, 5.74) is 3.33. The molecule has 0 saturated carbocycles. The molecule has 0 aromatic carbocycles. The Bertz CT molecular complexity index is 469. The average Bonchev–Trinajstić information content (AvgIpc) is 2.63. The van der Waals surface area contributed by atoms with E-state index in [1.54, 1.807) is 18.2 Å². The summed E-state index contributed by atoms with van der Waals surface area (Å²) in [6.45, 7) is 0. The summed E-state index contributed by atoms with van der Waals surface area (Å²) in [7, 11) is 0. The molecule has 5 heteroatoms. The number of nitrogens with one attached hydrogen (secondary N) is 2. The molecule has 15 heavy (non-hydrogen) atoms. The number of imide groups is 2. The minimum atomic E-state index is -0.798. The van der Waals surface area contributed by atoms with Crippen LogP contribution in [0.1, 0.15) is 0 Å². The fraction of sp³-hybridized carbons (Fsp3) is 0. The highest BCUT2D eigenvalue weighted by Gasteiger charge is 2.27. The smallest absolute Gasteiger partial charge is 0.273 e. The van der Waals surface area contributed by atoms with Crippen LogP contribution in [0.25, 0.3) is 0 Å². The van der Waals surface area contributed by atoms with Crippen LogP contribution in [0.15, 0.2) is 41.2 Å². The molecule has 1 aliphatic carbocycles. The lowest BCUT2D eigenvalue weighted by molar-refractivity contribution is -0.124. The van der Waals surface area contributed by atoms with Crippen LogP contribution in [0, 0.1) is 0 Å². The van der Waals surface area contributed by atoms with Crippen molar-refractivity contribution in [3.63, 3.8) is 0 Å². The highest BCUT2D eigenvalue weighted by atomic mass is 16.2. The van der Waals surface area contributed by atoms with Crippen molar-refractivity contribution in [2.24, 2.45) is 0 Å². The third-order valence-electron chi connectivity index (χ3n) is 1.87. The Labute approximate surface area is 84.8 Å². The maximum absolute atomic E-state index is 11.3. The summed E-state index contributed by atoms with van der Waals surface area (Å²) in [5, 5.41) is 3.96. The lowest BCUT2D eigenvalue weighted by atomic mass is 10.1. The molecule has 0 bridgehead atoms. The van der Waals surface area contributed by atoms with Crippen molar-refractivity contribution in [1.82, 2.24) is 10.6 Å². The Kier molecular flexibility index (Phi) is 2.08. The molecule has 74 valence electrons. The number of amides is 4. The number of carbonyl (C=O) groups is 3. The van der Waals surface area contributed by atoms with Crippen molar-refractivity contribution in [3.8, 4) is 0 Å². The first-order valence-corrected chi connectivity index (χ1v) is 4.18. The summed E-state index contributed by atoms with van der Waals surface area (Å²) in [5.74, 6) is -1.39. The third-order valence-corrected chi connectivity index (χ3v) is 1.87. The van der Waals surface area contributed by atoms with Crippen LogP contribution in [0.3, 0.4) is 0 Å². The molecule has 0 aromatic rings. The van der Waals surface area contributed by atoms with Crippen LogP contribution < -0.4 is 10.6 Å². The highest BCUT2D eigenvalue weighted by Crippen LogP contribution is 2.09. The zero-order valence-corrected chi connectivity index (χ0v) is 7.53. The zero-order valence-electron chi connectivity index (χ0n) is 7.53. The van der Waals surface area contributed by atoms with Crippen molar-refractivity contribution < 1.29 is 14.4 Å². The van der Waals surface area contributed by atoms with Gasteiger partial charge in [-0.2, -0.15) is 0 Å². The van der Waals surface area contributed by atoms with E-state index in [1.165, 1.54) is 6.08 Å². The second-order valence-corrected chi connectivity index (χ2v) is 2.92. The maximum Gasteiger partial charge on any atom is 0.328 e. The van der Waals surface area contributed by atoms with Crippen LogP contribution in [-0.2, 0) is 9.59 Å². The molecule has 0 spiro atoms. The summed E-state index contributed by atoms with van der Waals surface area (Å²) in [6, 6.07) is -0.798. The van der Waals surface area contributed by atoms with Gasteiger partial charge in [0.2, 0.25) is 0 Å². The summed E-state index contributed by atoms with van der Waals surface area (Å²) in [4.78, 5) is 33.3. The fourth-order valence-corrected chi connectivity index (χ4v) is 1.20. The molecule has 1 heterocycles. The van der Waals surface area contributed by atoms with Crippen LogP contribution in [0.2, 0.25) is 0 Å². The van der Waals surface area contributed by atoms with Gasteiger partial charge >= 0.3 is 6.03 Å². The molecular weight excluding hydrogens is 196 g/mol. The average molecular weight is 202 g/mol. The Hall–Kier alpha value is -2.39. The van der Waals surface area contributed by atoms with E-state index in [0.29, 0.717) is 5.57 Å². The first-order valence-electron chi connectivity index (χ1n) is 4.18. The van der Waals surface area contributed by atoms with E-state index >= 15 is 0 Å². The molecule has 2 N–H and O–H groups in total. The second kappa shape index (κ2) is 3.40. The van der Waals surface area contributed by atoms with E-state index in [0.717, 1.165) is 0 Å². The predicted molar refractivity (Wildman–Crippen MR) is 50.5 cm³/mol. The molecule has 2 aliphatic rings. The Morgan fingerprint density at radius 3 is 2.33 bits per heavy atom. The first kappa shape index (κ1) is 9.18. The predicted octanol–water partition coefficient (Wildman–Crippen LogP) is -0.0699. The topological polar surface area (TPSA) is 75.3 Å². The van der Waals surface area contributed by atoms with Crippen molar-refractivity contribution in [3.05, 3.63) is 41.2 Å². The van der Waals surface area contributed by atoms with Gasteiger partial charge in [-0.05, 0) is 18.2 Å². The zero-order chi connectivity index (χ0) is 10.8. The van der Waals surface area contributed by atoms with Gasteiger partial charge in [0.05, 0.1) is 0 Å². The SMILES string of the molecule is O=C1NC(=O)C(=CC2=C=CC=C2)C(=O)N1. The number of hydrogen-bond donors (Lipinski definition) is 2. The van der Waals surface area contributed by atoms with Crippen LogP contribution in [-0.4, -0.2) is 17.8 Å². The minimum Gasteiger partial charge on any atom is -0.273 e. The molecule has 0 radical (unpaired) electrons. The summed E-state index contributed by atoms with van der Waals surface area (Å²) in [6.07, 6.45) is 6.47. The first-order chi connectivity index (χ1) is 7.16. The van der Waals surface area contributed by atoms with E-state index in [9.17, 15) is 14.4 Å². The van der Waals surface area contributed by atoms with Crippen molar-refractivity contribution >= 4 is 17.8 Å². The maximum atomic E-state index is 11.3. The third kappa shape index (κ3) is 1.77. The van der Waals surface area contributed by atoms with Crippen LogP contribution in [0.4, 0.5) is 4.79 Å². The fourth-order valence-electron chi connectivity index (χ4n) is 1.20. The van der Waals surface area contributed by atoms with Crippen molar-refractivity contribution in [1.29, 1.82) is 0 Å². The lowest BCUT2D eigenvalue weighted by Crippen LogP contribution is -2.51. The lowest BCUT2D eigenvalue weighted by Gasteiger charge is -2.13. The van der Waals surface area contributed by atoms with Gasteiger partial charge in [-0.15, -0.1) is 5.73 Å². The minimum absolute atomic E-state index is 0.1000. The highest BCUT2D eigenvalue weighted by molar-refractivity contribution is 6.29. The molecule has 0 atom stereocenters. The molecule has 5 nitrogen and oxygen atoms in total. The molecule has 1 fully saturated rings. The Morgan fingerprint density at radius 1 is 1.13 bits per heavy atom. The number of carbonyl (C=O) groups excluding carboxylic acids is 3. The number of rotatable bonds is 1. The molecule has 1 saturated heterocycles. The van der Waals surface area contributed by atoms with Gasteiger partial charge in [-0.3, -0.25) is 20.2 Å². The molecule has 2 rings (SSSR count). The monoisotopic (exact) mass is 202 g/mol. The van der Waals surface area contributed by atoms with E-state index in [2.05, 4.69) is 5.73 Å². The number of hydrogen-bond acceptors (Lipinski definition) is 3. The van der Waals surface area contributed by atoms with Crippen molar-refractivity contribution in [2.45, 2.75) is 0 Å². The van der Waals surface area contributed by atoms with Gasteiger partial charge in [-0.25, -0.2) is 4.79 Å². The van der Waals surface area contributed by atoms with Gasteiger partial charge in [0.15, 0.2) is 0 Å². The standard InChI is InChI=1S/C10H6N2O3/c13-8-7(5-6-3-1-2-4-6)9(14)12-10(15)11-8/h1-3,5H,(H2,11,12,13,14,15). The van der Waals surface area contributed by atoms with Crippen LogP contribution >= 0.6 is 0 Å². The summed E-state index contributed by atoms with van der Waals surface area (Å²) < 4.78 is 0. The number of allylic oxidation sites excluding steroid dienone is 4. The van der Waals surface area contributed by atoms with Gasteiger partial charge in [0.1, 0.15) is 5.57 Å². The number of barbiturate groups is 1.